The fourth-order valence-electron chi connectivity index (χ4n) is 1.41. The van der Waals surface area contributed by atoms with Gasteiger partial charge in [0.15, 0.2) is 0 Å². The van der Waals surface area contributed by atoms with Crippen molar-refractivity contribution in [2.45, 2.75) is 36.8 Å². The van der Waals surface area contributed by atoms with Crippen molar-refractivity contribution in [2.75, 3.05) is 6.61 Å². The van der Waals surface area contributed by atoms with Gasteiger partial charge in [-0.1, -0.05) is 0 Å². The summed E-state index contributed by atoms with van der Waals surface area (Å²) in [5, 5.41) is 46.0. The molecule has 8 heteroatoms. The number of ether oxygens (including phenoxy) is 1. The molecule has 0 aromatic carbocycles. The minimum atomic E-state index is -1.57. The molecule has 1 heterocycles. The summed E-state index contributed by atoms with van der Waals surface area (Å²) >= 11 is 0. The summed E-state index contributed by atoms with van der Waals surface area (Å²) in [6.45, 7) is -0.665. The Labute approximate surface area is 85.4 Å². The first kappa shape index (κ1) is 12.7. The van der Waals surface area contributed by atoms with Crippen LogP contribution in [-0.2, 0) is 9.57 Å². The molecule has 1 aliphatic heterocycles. The van der Waals surface area contributed by atoms with Crippen LogP contribution in [0.3, 0.4) is 0 Å². The molecule has 1 aliphatic rings. The molecule has 0 bridgehead atoms. The lowest BCUT2D eigenvalue weighted by atomic mass is 9.96. The highest BCUT2D eigenvalue weighted by Crippen LogP contribution is 2.23. The number of aliphatic hydroxyl groups is 5. The molecule has 6 atom stereocenters. The number of hydrogen-bond acceptors (Lipinski definition) is 8. The number of nitrogens with two attached hydrogens (primary N) is 1. The van der Waals surface area contributed by atoms with Crippen molar-refractivity contribution in [3.8, 4) is 0 Å². The molecule has 1 fully saturated rings. The van der Waals surface area contributed by atoms with Crippen LogP contribution in [0, 0.1) is 0 Å². The van der Waals surface area contributed by atoms with E-state index in [9.17, 15) is 20.4 Å². The van der Waals surface area contributed by atoms with E-state index >= 15 is 0 Å². The van der Waals surface area contributed by atoms with Gasteiger partial charge in [0.25, 0.3) is 0 Å². The molecule has 0 saturated carbocycles. The highest BCUT2D eigenvalue weighted by atomic mass is 16.8. The minimum Gasteiger partial charge on any atom is -0.394 e. The van der Waals surface area contributed by atoms with Crippen LogP contribution in [0.2, 0.25) is 0 Å². The van der Waals surface area contributed by atoms with Gasteiger partial charge in [-0.15, -0.1) is 0 Å². The third kappa shape index (κ3) is 2.44. The third-order valence-electron chi connectivity index (χ3n) is 2.31. The Morgan fingerprint density at radius 2 is 1.80 bits per heavy atom. The van der Waals surface area contributed by atoms with E-state index in [1.165, 1.54) is 0 Å². The smallest absolute Gasteiger partial charge is 0.206 e. The van der Waals surface area contributed by atoms with Gasteiger partial charge in [0, 0.05) is 0 Å². The van der Waals surface area contributed by atoms with Crippen molar-refractivity contribution in [2.24, 2.45) is 5.90 Å². The molecule has 0 aromatic rings. The molecule has 0 aromatic heterocycles. The third-order valence-corrected chi connectivity index (χ3v) is 2.31. The zero-order valence-corrected chi connectivity index (χ0v) is 7.80. The van der Waals surface area contributed by atoms with Gasteiger partial charge in [0.2, 0.25) is 6.29 Å². The SMILES string of the molecule is NOC1OC(C(O)CO)C(O)C(O)C1O. The van der Waals surface area contributed by atoms with Crippen LogP contribution >= 0.6 is 0 Å². The van der Waals surface area contributed by atoms with Crippen molar-refractivity contribution in [1.29, 1.82) is 0 Å². The molecule has 7 N–H and O–H groups in total. The lowest BCUT2D eigenvalue weighted by molar-refractivity contribution is -0.313. The average Bonchev–Trinajstić information content (AvgIpc) is 2.25. The largest absolute Gasteiger partial charge is 0.394 e. The first-order valence-corrected chi connectivity index (χ1v) is 4.37. The fraction of sp³-hybridized carbons (Fsp3) is 1.00. The standard InChI is InChI=1S/C7H15NO7/c8-15-7-5(13)3(11)4(12)6(14-7)2(10)1-9/h2-7,9-13H,1,8H2. The molecule has 0 aliphatic carbocycles. The Morgan fingerprint density at radius 3 is 2.27 bits per heavy atom. The van der Waals surface area contributed by atoms with Crippen molar-refractivity contribution in [3.63, 3.8) is 0 Å². The zero-order valence-electron chi connectivity index (χ0n) is 7.80. The maximum absolute atomic E-state index is 9.42. The molecule has 0 amide bonds. The Morgan fingerprint density at radius 1 is 1.20 bits per heavy atom. The first-order chi connectivity index (χ1) is 7.02. The van der Waals surface area contributed by atoms with Gasteiger partial charge in [0.05, 0.1) is 6.61 Å². The first-order valence-electron chi connectivity index (χ1n) is 4.37. The lowest BCUT2D eigenvalue weighted by Crippen LogP contribution is -2.62. The predicted molar refractivity (Wildman–Crippen MR) is 45.0 cm³/mol. The van der Waals surface area contributed by atoms with Gasteiger partial charge in [-0.2, -0.15) is 0 Å². The van der Waals surface area contributed by atoms with Gasteiger partial charge >= 0.3 is 0 Å². The van der Waals surface area contributed by atoms with Crippen LogP contribution in [0.5, 0.6) is 0 Å². The number of rotatable bonds is 3. The second-order valence-corrected chi connectivity index (χ2v) is 3.33. The maximum Gasteiger partial charge on any atom is 0.206 e. The average molecular weight is 225 g/mol. The molecule has 8 nitrogen and oxygen atoms in total. The predicted octanol–water partition coefficient (Wildman–Crippen LogP) is -3.96. The molecule has 0 spiro atoms. The van der Waals surface area contributed by atoms with Crippen LogP contribution in [-0.4, -0.2) is 68.9 Å². The van der Waals surface area contributed by atoms with E-state index in [2.05, 4.69) is 4.84 Å². The summed E-state index contributed by atoms with van der Waals surface area (Å²) in [5.74, 6) is 4.78. The van der Waals surface area contributed by atoms with E-state index in [-0.39, 0.29) is 0 Å². The normalized spacial score (nSPS) is 44.0. The Balaban J connectivity index is 2.74. The second kappa shape index (κ2) is 5.14. The van der Waals surface area contributed by atoms with Crippen LogP contribution in [0.4, 0.5) is 0 Å². The molecule has 15 heavy (non-hydrogen) atoms. The van der Waals surface area contributed by atoms with E-state index in [1.807, 2.05) is 0 Å². The monoisotopic (exact) mass is 225 g/mol. The second-order valence-electron chi connectivity index (χ2n) is 3.33. The van der Waals surface area contributed by atoms with Gasteiger partial charge in [-0.3, -0.25) is 4.84 Å². The van der Waals surface area contributed by atoms with Crippen LogP contribution < -0.4 is 5.90 Å². The Hall–Kier alpha value is -0.320. The fourth-order valence-corrected chi connectivity index (χ4v) is 1.41. The van der Waals surface area contributed by atoms with Crippen LogP contribution in [0.1, 0.15) is 0 Å². The molecule has 90 valence electrons. The van der Waals surface area contributed by atoms with Crippen molar-refractivity contribution in [1.82, 2.24) is 0 Å². The summed E-state index contributed by atoms with van der Waals surface area (Å²) in [6.07, 6.45) is -8.67. The summed E-state index contributed by atoms with van der Waals surface area (Å²) in [5.41, 5.74) is 0. The summed E-state index contributed by atoms with van der Waals surface area (Å²) in [6, 6.07) is 0. The van der Waals surface area contributed by atoms with E-state index < -0.39 is 43.4 Å². The molecular formula is C7H15NO7. The molecule has 6 unspecified atom stereocenters. The molecule has 1 rings (SSSR count). The topological polar surface area (TPSA) is 146 Å². The Kier molecular flexibility index (Phi) is 4.37. The van der Waals surface area contributed by atoms with Crippen LogP contribution in [0.15, 0.2) is 0 Å². The minimum absolute atomic E-state index is 0.665. The number of aliphatic hydroxyl groups excluding tert-OH is 5. The van der Waals surface area contributed by atoms with E-state index in [0.717, 1.165) is 0 Å². The van der Waals surface area contributed by atoms with Gasteiger partial charge < -0.3 is 30.3 Å². The quantitative estimate of drug-likeness (QED) is 0.267. The van der Waals surface area contributed by atoms with E-state index in [4.69, 9.17) is 15.7 Å². The van der Waals surface area contributed by atoms with E-state index in [1.54, 1.807) is 0 Å². The number of hydrogen-bond donors (Lipinski definition) is 6. The summed E-state index contributed by atoms with van der Waals surface area (Å²) < 4.78 is 4.87. The lowest BCUT2D eigenvalue weighted by Gasteiger charge is -2.40. The summed E-state index contributed by atoms with van der Waals surface area (Å²) in [7, 11) is 0. The Bertz CT molecular complexity index is 202. The van der Waals surface area contributed by atoms with Crippen molar-refractivity contribution >= 4 is 0 Å². The van der Waals surface area contributed by atoms with Gasteiger partial charge in [-0.05, 0) is 0 Å². The van der Waals surface area contributed by atoms with Crippen LogP contribution in [0.25, 0.3) is 0 Å². The van der Waals surface area contributed by atoms with Gasteiger partial charge in [-0.25, -0.2) is 5.90 Å². The highest BCUT2D eigenvalue weighted by Gasteiger charge is 2.46. The zero-order chi connectivity index (χ0) is 11.6. The molecular weight excluding hydrogens is 210 g/mol. The van der Waals surface area contributed by atoms with E-state index in [0.29, 0.717) is 0 Å². The van der Waals surface area contributed by atoms with Crippen molar-refractivity contribution < 1.29 is 35.1 Å². The highest BCUT2D eigenvalue weighted by molar-refractivity contribution is 4.91. The maximum atomic E-state index is 9.42. The molecule has 1 saturated heterocycles. The van der Waals surface area contributed by atoms with Gasteiger partial charge in [0.1, 0.15) is 30.5 Å². The van der Waals surface area contributed by atoms with Crippen molar-refractivity contribution in [3.05, 3.63) is 0 Å². The summed E-state index contributed by atoms with van der Waals surface area (Å²) in [4.78, 5) is 4.21. The molecule has 0 radical (unpaired) electrons.